The Hall–Kier alpha value is -1.05. The second-order valence-electron chi connectivity index (χ2n) is 4.26. The van der Waals surface area contributed by atoms with E-state index in [9.17, 15) is 13.2 Å². The van der Waals surface area contributed by atoms with Gasteiger partial charge in [-0.2, -0.15) is 11.8 Å². The summed E-state index contributed by atoms with van der Waals surface area (Å²) in [7, 11) is -3.68. The minimum atomic E-state index is -3.68. The van der Waals surface area contributed by atoms with Crippen LogP contribution in [0, 0.1) is 6.92 Å². The van der Waals surface area contributed by atoms with Crippen molar-refractivity contribution in [2.75, 3.05) is 12.0 Å². The number of sulfonamides is 1. The Bertz CT molecular complexity index is 569. The number of hydrogen-bond acceptors (Lipinski definition) is 4. The van der Waals surface area contributed by atoms with E-state index in [1.54, 1.807) is 13.8 Å². The number of hydrogen-bond donors (Lipinski definition) is 2. The maximum Gasteiger partial charge on any atom is 0.335 e. The highest BCUT2D eigenvalue weighted by molar-refractivity contribution is 7.98. The van der Waals surface area contributed by atoms with Crippen LogP contribution in [0.2, 0.25) is 0 Å². The minimum Gasteiger partial charge on any atom is -0.478 e. The average Bonchev–Trinajstić information content (AvgIpc) is 2.28. The molecule has 0 aliphatic carbocycles. The quantitative estimate of drug-likeness (QED) is 0.836. The molecule has 0 radical (unpaired) electrons. The van der Waals surface area contributed by atoms with E-state index in [0.29, 0.717) is 11.3 Å². The Morgan fingerprint density at radius 3 is 2.63 bits per heavy atom. The number of aryl methyl sites for hydroxylation is 1. The maximum atomic E-state index is 12.1. The van der Waals surface area contributed by atoms with Gasteiger partial charge in [0.2, 0.25) is 10.0 Å². The van der Waals surface area contributed by atoms with E-state index in [4.69, 9.17) is 5.11 Å². The molecular formula is C12H17NO4S2. The lowest BCUT2D eigenvalue weighted by Crippen LogP contribution is -2.34. The molecular weight excluding hydrogens is 286 g/mol. The molecule has 1 rings (SSSR count). The maximum absolute atomic E-state index is 12.1. The summed E-state index contributed by atoms with van der Waals surface area (Å²) in [6, 6.07) is 3.88. The monoisotopic (exact) mass is 303 g/mol. The first-order valence-electron chi connectivity index (χ1n) is 5.63. The number of thioether (sulfide) groups is 1. The Kier molecular flexibility index (Phi) is 5.39. The van der Waals surface area contributed by atoms with Crippen molar-refractivity contribution < 1.29 is 18.3 Å². The van der Waals surface area contributed by atoms with Crippen LogP contribution >= 0.6 is 11.8 Å². The normalized spacial score (nSPS) is 13.2. The number of carboxylic acid groups (broad SMARTS) is 1. The predicted molar refractivity (Wildman–Crippen MR) is 76.3 cm³/mol. The summed E-state index contributed by atoms with van der Waals surface area (Å²) in [5, 5.41) is 9.00. The van der Waals surface area contributed by atoms with Gasteiger partial charge in [0.05, 0.1) is 10.5 Å². The van der Waals surface area contributed by atoms with Gasteiger partial charge in [-0.05, 0) is 37.8 Å². The smallest absolute Gasteiger partial charge is 0.335 e. The molecule has 1 aromatic rings. The number of carboxylic acids is 1. The second kappa shape index (κ2) is 6.40. The summed E-state index contributed by atoms with van der Waals surface area (Å²) in [6.07, 6.45) is 1.89. The van der Waals surface area contributed by atoms with Crippen molar-refractivity contribution in [2.45, 2.75) is 24.8 Å². The van der Waals surface area contributed by atoms with E-state index in [2.05, 4.69) is 4.72 Å². The number of aromatic carboxylic acids is 1. The SMILES string of the molecule is CSCC(C)NS(=O)(=O)c1ccc(C)c(C(=O)O)c1. The molecule has 0 heterocycles. The Balaban J connectivity index is 3.08. The Morgan fingerprint density at radius 1 is 1.47 bits per heavy atom. The van der Waals surface area contributed by atoms with Gasteiger partial charge in [0.25, 0.3) is 0 Å². The highest BCUT2D eigenvalue weighted by Gasteiger charge is 2.19. The number of benzene rings is 1. The van der Waals surface area contributed by atoms with Gasteiger partial charge in [0.15, 0.2) is 0 Å². The van der Waals surface area contributed by atoms with Crippen molar-refractivity contribution in [1.82, 2.24) is 4.72 Å². The van der Waals surface area contributed by atoms with E-state index in [1.165, 1.54) is 30.0 Å². The zero-order valence-electron chi connectivity index (χ0n) is 11.0. The first kappa shape index (κ1) is 16.0. The van der Waals surface area contributed by atoms with Gasteiger partial charge in [0.1, 0.15) is 0 Å². The summed E-state index contributed by atoms with van der Waals surface area (Å²) in [5.41, 5.74) is 0.531. The highest BCUT2D eigenvalue weighted by atomic mass is 32.2. The van der Waals surface area contributed by atoms with Crippen LogP contribution in [0.3, 0.4) is 0 Å². The Morgan fingerprint density at radius 2 is 2.11 bits per heavy atom. The van der Waals surface area contributed by atoms with Crippen LogP contribution in [0.15, 0.2) is 23.1 Å². The zero-order chi connectivity index (χ0) is 14.6. The van der Waals surface area contributed by atoms with Crippen molar-refractivity contribution in [1.29, 1.82) is 0 Å². The lowest BCUT2D eigenvalue weighted by atomic mass is 10.1. The first-order valence-corrected chi connectivity index (χ1v) is 8.51. The van der Waals surface area contributed by atoms with Crippen LogP contribution in [0.25, 0.3) is 0 Å². The van der Waals surface area contributed by atoms with E-state index >= 15 is 0 Å². The highest BCUT2D eigenvalue weighted by Crippen LogP contribution is 2.16. The van der Waals surface area contributed by atoms with Crippen molar-refractivity contribution in [3.8, 4) is 0 Å². The van der Waals surface area contributed by atoms with Crippen LogP contribution in [0.4, 0.5) is 0 Å². The van der Waals surface area contributed by atoms with Crippen LogP contribution in [0.1, 0.15) is 22.8 Å². The van der Waals surface area contributed by atoms with E-state index in [0.717, 1.165) is 0 Å². The third-order valence-electron chi connectivity index (χ3n) is 2.52. The second-order valence-corrected chi connectivity index (χ2v) is 6.88. The summed E-state index contributed by atoms with van der Waals surface area (Å²) in [5.74, 6) is -0.483. The predicted octanol–water partition coefficient (Wildman–Crippen LogP) is 1.72. The third kappa shape index (κ3) is 4.22. The van der Waals surface area contributed by atoms with Crippen molar-refractivity contribution >= 4 is 27.8 Å². The molecule has 0 fully saturated rings. The molecule has 0 aliphatic rings. The van der Waals surface area contributed by atoms with Crippen LogP contribution < -0.4 is 4.72 Å². The third-order valence-corrected chi connectivity index (χ3v) is 4.94. The molecule has 0 aromatic heterocycles. The van der Waals surface area contributed by atoms with Crippen LogP contribution in [-0.4, -0.2) is 37.5 Å². The fraction of sp³-hybridized carbons (Fsp3) is 0.417. The molecule has 1 unspecified atom stereocenters. The summed E-state index contributed by atoms with van der Waals surface area (Å²) < 4.78 is 26.7. The molecule has 1 aromatic carbocycles. The molecule has 19 heavy (non-hydrogen) atoms. The largest absolute Gasteiger partial charge is 0.478 e. The van der Waals surface area contributed by atoms with Gasteiger partial charge in [-0.3, -0.25) is 0 Å². The van der Waals surface area contributed by atoms with Crippen molar-refractivity contribution in [3.05, 3.63) is 29.3 Å². The van der Waals surface area contributed by atoms with Gasteiger partial charge in [0, 0.05) is 11.8 Å². The van der Waals surface area contributed by atoms with E-state index in [1.807, 2.05) is 6.26 Å². The molecule has 5 nitrogen and oxygen atoms in total. The fourth-order valence-corrected chi connectivity index (χ4v) is 3.57. The molecule has 0 bridgehead atoms. The number of nitrogens with one attached hydrogen (secondary N) is 1. The van der Waals surface area contributed by atoms with E-state index in [-0.39, 0.29) is 16.5 Å². The molecule has 2 N–H and O–H groups in total. The fourth-order valence-electron chi connectivity index (χ4n) is 1.62. The molecule has 0 amide bonds. The van der Waals surface area contributed by atoms with E-state index < -0.39 is 16.0 Å². The molecule has 0 aliphatic heterocycles. The molecule has 106 valence electrons. The topological polar surface area (TPSA) is 83.5 Å². The summed E-state index contributed by atoms with van der Waals surface area (Å²) in [6.45, 7) is 3.39. The minimum absolute atomic E-state index is 0.000365. The van der Waals surface area contributed by atoms with Gasteiger partial charge in [-0.25, -0.2) is 17.9 Å². The van der Waals surface area contributed by atoms with Gasteiger partial charge < -0.3 is 5.11 Å². The number of rotatable bonds is 6. The van der Waals surface area contributed by atoms with Gasteiger partial charge >= 0.3 is 5.97 Å². The van der Waals surface area contributed by atoms with Gasteiger partial charge in [-0.15, -0.1) is 0 Å². The van der Waals surface area contributed by atoms with Crippen LogP contribution in [0.5, 0.6) is 0 Å². The first-order chi connectivity index (χ1) is 8.77. The lowest BCUT2D eigenvalue weighted by Gasteiger charge is -2.13. The standard InChI is InChI=1S/C12H17NO4S2/c1-8-4-5-10(6-11(8)12(14)15)19(16,17)13-9(2)7-18-3/h4-6,9,13H,7H2,1-3H3,(H,14,15). The molecule has 1 atom stereocenters. The lowest BCUT2D eigenvalue weighted by molar-refractivity contribution is 0.0696. The molecule has 0 saturated heterocycles. The average molecular weight is 303 g/mol. The van der Waals surface area contributed by atoms with Crippen molar-refractivity contribution in [2.24, 2.45) is 0 Å². The summed E-state index contributed by atoms with van der Waals surface area (Å²) >= 11 is 1.54. The molecule has 0 saturated carbocycles. The number of carbonyl (C=O) groups is 1. The molecule has 0 spiro atoms. The summed E-state index contributed by atoms with van der Waals surface area (Å²) in [4.78, 5) is 11.0. The van der Waals surface area contributed by atoms with Gasteiger partial charge in [-0.1, -0.05) is 6.07 Å². The Labute approximate surface area is 117 Å². The van der Waals surface area contributed by atoms with Crippen LogP contribution in [-0.2, 0) is 10.0 Å². The zero-order valence-corrected chi connectivity index (χ0v) is 12.6. The molecule has 7 heteroatoms. The van der Waals surface area contributed by atoms with Crippen molar-refractivity contribution in [3.63, 3.8) is 0 Å².